The molecule has 1 fully saturated rings. The van der Waals surface area contributed by atoms with Crippen molar-refractivity contribution in [2.45, 2.75) is 25.3 Å². The first-order valence-electron chi connectivity index (χ1n) is 6.85. The molecule has 3 rings (SSSR count). The third-order valence-electron chi connectivity index (χ3n) is 3.50. The van der Waals surface area contributed by atoms with Crippen LogP contribution in [0.3, 0.4) is 0 Å². The van der Waals surface area contributed by atoms with Crippen LogP contribution in [-0.4, -0.2) is 31.7 Å². The normalized spacial score (nSPS) is 20.8. The van der Waals surface area contributed by atoms with Crippen LogP contribution in [0.4, 0.5) is 5.69 Å². The van der Waals surface area contributed by atoms with Gasteiger partial charge in [0.2, 0.25) is 5.91 Å². The van der Waals surface area contributed by atoms with Crippen molar-refractivity contribution in [1.29, 1.82) is 0 Å². The first kappa shape index (κ1) is 13.7. The van der Waals surface area contributed by atoms with Crippen molar-refractivity contribution in [1.82, 2.24) is 5.32 Å². The van der Waals surface area contributed by atoms with Crippen LogP contribution in [0.1, 0.15) is 19.3 Å². The molecule has 108 valence electrons. The molecular weight excluding hydrogens is 324 g/mol. The van der Waals surface area contributed by atoms with Crippen LogP contribution >= 0.6 is 15.9 Å². The van der Waals surface area contributed by atoms with Crippen molar-refractivity contribution < 1.29 is 14.3 Å². The zero-order chi connectivity index (χ0) is 13.9. The van der Waals surface area contributed by atoms with E-state index < -0.39 is 0 Å². The van der Waals surface area contributed by atoms with Gasteiger partial charge in [0.25, 0.3) is 0 Å². The van der Waals surface area contributed by atoms with Gasteiger partial charge in [0.1, 0.15) is 13.2 Å². The Labute approximate surface area is 126 Å². The number of nitrogens with one attached hydrogen (secondary N) is 2. The van der Waals surface area contributed by atoms with Gasteiger partial charge < -0.3 is 20.1 Å². The lowest BCUT2D eigenvalue weighted by Crippen LogP contribution is -2.27. The van der Waals surface area contributed by atoms with Gasteiger partial charge in [0.15, 0.2) is 11.5 Å². The van der Waals surface area contributed by atoms with E-state index in [1.165, 1.54) is 0 Å². The van der Waals surface area contributed by atoms with Crippen LogP contribution in [0.2, 0.25) is 0 Å². The molecule has 1 aromatic carbocycles. The molecule has 2 N–H and O–H groups in total. The number of benzene rings is 1. The molecule has 1 aromatic rings. The number of fused-ring (bicyclic) bond motifs is 1. The summed E-state index contributed by atoms with van der Waals surface area (Å²) in [6, 6.07) is 3.93. The highest BCUT2D eigenvalue weighted by Gasteiger charge is 2.20. The summed E-state index contributed by atoms with van der Waals surface area (Å²) in [7, 11) is 0. The van der Waals surface area contributed by atoms with E-state index in [0.29, 0.717) is 37.2 Å². The first-order valence-corrected chi connectivity index (χ1v) is 7.64. The maximum Gasteiger partial charge on any atom is 0.225 e. The van der Waals surface area contributed by atoms with E-state index in [4.69, 9.17) is 9.47 Å². The lowest BCUT2D eigenvalue weighted by Gasteiger charge is -2.20. The molecule has 6 heteroatoms. The molecule has 20 heavy (non-hydrogen) atoms. The largest absolute Gasteiger partial charge is 0.486 e. The molecule has 1 atom stereocenters. The smallest absolute Gasteiger partial charge is 0.225 e. The number of rotatable bonds is 3. The monoisotopic (exact) mass is 340 g/mol. The van der Waals surface area contributed by atoms with Crippen molar-refractivity contribution >= 4 is 27.5 Å². The van der Waals surface area contributed by atoms with Gasteiger partial charge in [-0.3, -0.25) is 4.79 Å². The predicted octanol–water partition coefficient (Wildman–Crippen LogP) is 2.30. The van der Waals surface area contributed by atoms with Gasteiger partial charge in [-0.1, -0.05) is 0 Å². The molecule has 0 aromatic heterocycles. The highest BCUT2D eigenvalue weighted by Crippen LogP contribution is 2.38. The molecule has 0 spiro atoms. The van der Waals surface area contributed by atoms with Crippen molar-refractivity contribution in [2.75, 3.05) is 25.1 Å². The molecule has 0 radical (unpaired) electrons. The molecule has 0 aliphatic carbocycles. The van der Waals surface area contributed by atoms with Gasteiger partial charge >= 0.3 is 0 Å². The van der Waals surface area contributed by atoms with Crippen LogP contribution in [0, 0.1) is 0 Å². The third kappa shape index (κ3) is 3.07. The Hall–Kier alpha value is -1.27. The van der Waals surface area contributed by atoms with Gasteiger partial charge in [0, 0.05) is 29.1 Å². The molecule has 1 amide bonds. The molecule has 0 saturated carbocycles. The topological polar surface area (TPSA) is 59.6 Å². The Kier molecular flexibility index (Phi) is 4.12. The quantitative estimate of drug-likeness (QED) is 0.886. The van der Waals surface area contributed by atoms with Crippen LogP contribution in [0.5, 0.6) is 11.5 Å². The number of anilines is 1. The molecule has 2 aliphatic rings. The summed E-state index contributed by atoms with van der Waals surface area (Å²) in [6.07, 6.45) is 2.71. The Morgan fingerprint density at radius 3 is 2.80 bits per heavy atom. The molecule has 5 nitrogen and oxygen atoms in total. The Balaban J connectivity index is 1.68. The van der Waals surface area contributed by atoms with Crippen LogP contribution in [0.15, 0.2) is 16.6 Å². The van der Waals surface area contributed by atoms with Crippen LogP contribution in [-0.2, 0) is 4.79 Å². The maximum atomic E-state index is 12.0. The van der Waals surface area contributed by atoms with E-state index in [9.17, 15) is 4.79 Å². The lowest BCUT2D eigenvalue weighted by molar-refractivity contribution is -0.116. The first-order chi connectivity index (χ1) is 9.72. The number of amides is 1. The van der Waals surface area contributed by atoms with Crippen molar-refractivity contribution in [3.63, 3.8) is 0 Å². The minimum atomic E-state index is 0.0155. The summed E-state index contributed by atoms with van der Waals surface area (Å²) in [5.41, 5.74) is 0.720. The van der Waals surface area contributed by atoms with Gasteiger partial charge in [-0.25, -0.2) is 0 Å². The average Bonchev–Trinajstić information content (AvgIpc) is 2.92. The highest BCUT2D eigenvalue weighted by molar-refractivity contribution is 9.10. The predicted molar refractivity (Wildman–Crippen MR) is 79.4 cm³/mol. The average molecular weight is 341 g/mol. The SMILES string of the molecule is O=C(CC1CCCN1)Nc1cc2c(cc1Br)OCCO2. The van der Waals surface area contributed by atoms with E-state index in [-0.39, 0.29) is 5.91 Å². The number of carbonyl (C=O) groups is 1. The number of ether oxygens (including phenoxy) is 2. The molecule has 1 saturated heterocycles. The van der Waals surface area contributed by atoms with Crippen LogP contribution in [0.25, 0.3) is 0 Å². The molecule has 2 heterocycles. The number of hydrogen-bond donors (Lipinski definition) is 2. The Morgan fingerprint density at radius 2 is 2.10 bits per heavy atom. The summed E-state index contributed by atoms with van der Waals surface area (Å²) in [6.45, 7) is 2.10. The van der Waals surface area contributed by atoms with Gasteiger partial charge in [0.05, 0.1) is 5.69 Å². The fourth-order valence-electron chi connectivity index (χ4n) is 2.52. The van der Waals surface area contributed by atoms with Crippen molar-refractivity contribution in [2.24, 2.45) is 0 Å². The second-order valence-corrected chi connectivity index (χ2v) is 5.88. The standard InChI is InChI=1S/C14H17BrN2O3/c15-10-7-12-13(20-5-4-19-12)8-11(10)17-14(18)6-9-2-1-3-16-9/h7-9,16H,1-6H2,(H,17,18). The van der Waals surface area contributed by atoms with E-state index in [1.807, 2.05) is 6.07 Å². The maximum absolute atomic E-state index is 12.0. The van der Waals surface area contributed by atoms with Gasteiger partial charge in [-0.15, -0.1) is 0 Å². The highest BCUT2D eigenvalue weighted by atomic mass is 79.9. The molecule has 1 unspecified atom stereocenters. The second kappa shape index (κ2) is 6.01. The number of halogens is 1. The summed E-state index contributed by atoms with van der Waals surface area (Å²) in [4.78, 5) is 12.0. The van der Waals surface area contributed by atoms with E-state index in [2.05, 4.69) is 26.6 Å². The third-order valence-corrected chi connectivity index (χ3v) is 4.16. The zero-order valence-electron chi connectivity index (χ0n) is 11.1. The molecular formula is C14H17BrN2O3. The molecule has 0 bridgehead atoms. The van der Waals surface area contributed by atoms with E-state index in [0.717, 1.165) is 29.5 Å². The summed E-state index contributed by atoms with van der Waals surface area (Å²) in [5, 5.41) is 6.25. The Bertz CT molecular complexity index is 515. The number of carbonyl (C=O) groups excluding carboxylic acids is 1. The zero-order valence-corrected chi connectivity index (χ0v) is 12.7. The van der Waals surface area contributed by atoms with E-state index >= 15 is 0 Å². The minimum Gasteiger partial charge on any atom is -0.486 e. The van der Waals surface area contributed by atoms with Gasteiger partial charge in [-0.05, 0) is 35.3 Å². The Morgan fingerprint density at radius 1 is 1.35 bits per heavy atom. The van der Waals surface area contributed by atoms with Crippen LogP contribution < -0.4 is 20.1 Å². The fourth-order valence-corrected chi connectivity index (χ4v) is 2.94. The summed E-state index contributed by atoms with van der Waals surface area (Å²) >= 11 is 3.45. The second-order valence-electron chi connectivity index (χ2n) is 5.02. The summed E-state index contributed by atoms with van der Waals surface area (Å²) < 4.78 is 11.8. The minimum absolute atomic E-state index is 0.0155. The van der Waals surface area contributed by atoms with Crippen molar-refractivity contribution in [3.8, 4) is 11.5 Å². The lowest BCUT2D eigenvalue weighted by atomic mass is 10.1. The fraction of sp³-hybridized carbons (Fsp3) is 0.500. The number of hydrogen-bond acceptors (Lipinski definition) is 4. The van der Waals surface area contributed by atoms with Gasteiger partial charge in [-0.2, -0.15) is 0 Å². The van der Waals surface area contributed by atoms with Crippen molar-refractivity contribution in [3.05, 3.63) is 16.6 Å². The molecule has 2 aliphatic heterocycles. The van der Waals surface area contributed by atoms with E-state index in [1.54, 1.807) is 6.07 Å². The summed E-state index contributed by atoms with van der Waals surface area (Å²) in [5.74, 6) is 1.40.